The van der Waals surface area contributed by atoms with Crippen LogP contribution in [0.5, 0.6) is 11.5 Å². The number of carbonyl (C=O) groups is 1. The monoisotopic (exact) mass is 410 g/mol. The topological polar surface area (TPSA) is 111 Å². The van der Waals surface area contributed by atoms with Crippen molar-refractivity contribution in [2.45, 2.75) is 33.1 Å². The Labute approximate surface area is 175 Å². The summed E-state index contributed by atoms with van der Waals surface area (Å²) in [5.74, 6) is 1.66. The highest BCUT2D eigenvalue weighted by molar-refractivity contribution is 5.93. The van der Waals surface area contributed by atoms with Gasteiger partial charge in [0.15, 0.2) is 17.3 Å². The third-order valence-corrected chi connectivity index (χ3v) is 4.69. The number of anilines is 2. The lowest BCUT2D eigenvalue weighted by Gasteiger charge is -2.20. The molecule has 0 aliphatic heterocycles. The van der Waals surface area contributed by atoms with E-state index in [1.54, 1.807) is 32.2 Å². The number of rotatable bonds is 9. The largest absolute Gasteiger partial charge is 0.493 e. The van der Waals surface area contributed by atoms with Gasteiger partial charge in [-0.15, -0.1) is 0 Å². The maximum Gasteiger partial charge on any atom is 0.217 e. The number of nitrogens with zero attached hydrogens (tertiary/aromatic N) is 3. The summed E-state index contributed by atoms with van der Waals surface area (Å²) < 4.78 is 11.2. The summed E-state index contributed by atoms with van der Waals surface area (Å²) >= 11 is 0. The maximum atomic E-state index is 11.0. The summed E-state index contributed by atoms with van der Waals surface area (Å²) in [6, 6.07) is 10.9. The molecule has 0 aliphatic rings. The summed E-state index contributed by atoms with van der Waals surface area (Å²) in [5.41, 5.74) is 7.35. The number of carbonyl (C=O) groups excluding carboxylic acids is 1. The van der Waals surface area contributed by atoms with E-state index in [0.717, 1.165) is 21.5 Å². The molecule has 0 spiro atoms. The van der Waals surface area contributed by atoms with Gasteiger partial charge in [-0.3, -0.25) is 10.0 Å². The van der Waals surface area contributed by atoms with Gasteiger partial charge >= 0.3 is 0 Å². The Balaban J connectivity index is 1.89. The van der Waals surface area contributed by atoms with Gasteiger partial charge in [-0.05, 0) is 50.5 Å². The second kappa shape index (κ2) is 9.41. The number of methoxy groups -OCH3 is 1. The average Bonchev–Trinajstić information content (AvgIpc) is 2.72. The van der Waals surface area contributed by atoms with Gasteiger partial charge in [-0.25, -0.2) is 15.0 Å². The molecule has 0 radical (unpaired) electrons. The molecule has 0 bridgehead atoms. The minimum absolute atomic E-state index is 0.324. The molecule has 0 fully saturated rings. The molecule has 1 aromatic heterocycles. The van der Waals surface area contributed by atoms with Crippen molar-refractivity contribution < 1.29 is 19.5 Å². The van der Waals surface area contributed by atoms with Gasteiger partial charge in [0.2, 0.25) is 5.91 Å². The number of fused-ring (bicyclic) bond motifs is 1. The van der Waals surface area contributed by atoms with E-state index in [2.05, 4.69) is 9.97 Å². The van der Waals surface area contributed by atoms with E-state index < -0.39 is 0 Å². The zero-order chi connectivity index (χ0) is 21.7. The zero-order valence-corrected chi connectivity index (χ0v) is 17.4. The molecular weight excluding hydrogens is 384 g/mol. The van der Waals surface area contributed by atoms with Gasteiger partial charge in [0.25, 0.3) is 0 Å². The first kappa shape index (κ1) is 21.3. The van der Waals surface area contributed by atoms with Gasteiger partial charge < -0.3 is 15.2 Å². The lowest BCUT2D eigenvalue weighted by atomic mass is 10.1. The van der Waals surface area contributed by atoms with Crippen molar-refractivity contribution in [1.29, 1.82) is 0 Å². The number of primary amides is 1. The summed E-state index contributed by atoms with van der Waals surface area (Å²) in [6.07, 6.45) is 1.65. The smallest absolute Gasteiger partial charge is 0.217 e. The van der Waals surface area contributed by atoms with Gasteiger partial charge in [0, 0.05) is 17.9 Å². The molecule has 1 heterocycles. The minimum Gasteiger partial charge on any atom is -0.493 e. The van der Waals surface area contributed by atoms with Crippen LogP contribution in [0.1, 0.15) is 30.7 Å². The molecule has 30 heavy (non-hydrogen) atoms. The molecule has 3 N–H and O–H groups in total. The summed E-state index contributed by atoms with van der Waals surface area (Å²) in [4.78, 5) is 19.8. The number of ether oxygens (including phenoxy) is 2. The number of nitrogens with two attached hydrogens (primary N) is 1. The lowest BCUT2D eigenvalue weighted by molar-refractivity contribution is -0.118. The van der Waals surface area contributed by atoms with Crippen LogP contribution in [0.4, 0.5) is 11.5 Å². The maximum absolute atomic E-state index is 11.0. The van der Waals surface area contributed by atoms with E-state index in [0.29, 0.717) is 54.7 Å². The Morgan fingerprint density at radius 1 is 1.13 bits per heavy atom. The molecule has 3 aromatic rings. The fourth-order valence-corrected chi connectivity index (χ4v) is 3.21. The van der Waals surface area contributed by atoms with Crippen LogP contribution in [-0.4, -0.2) is 34.8 Å². The zero-order valence-electron chi connectivity index (χ0n) is 17.4. The van der Waals surface area contributed by atoms with Crippen LogP contribution in [0.2, 0.25) is 0 Å². The van der Waals surface area contributed by atoms with E-state index in [9.17, 15) is 10.0 Å². The lowest BCUT2D eigenvalue weighted by Crippen LogP contribution is -2.15. The van der Waals surface area contributed by atoms with Crippen molar-refractivity contribution in [2.24, 2.45) is 5.73 Å². The number of aryl methyl sites for hydroxylation is 2. The summed E-state index contributed by atoms with van der Waals surface area (Å²) in [5, 5.41) is 12.8. The van der Waals surface area contributed by atoms with Gasteiger partial charge in [0.05, 0.1) is 24.9 Å². The molecular formula is C22H26N4O4. The molecule has 158 valence electrons. The molecule has 0 aliphatic carbocycles. The highest BCUT2D eigenvalue weighted by atomic mass is 16.5. The molecule has 0 saturated heterocycles. The first-order valence-electron chi connectivity index (χ1n) is 9.73. The molecule has 0 atom stereocenters. The molecule has 0 saturated carbocycles. The second-order valence-electron chi connectivity index (χ2n) is 6.98. The van der Waals surface area contributed by atoms with Crippen LogP contribution in [0, 0.1) is 13.8 Å². The summed E-state index contributed by atoms with van der Waals surface area (Å²) in [7, 11) is 1.55. The Bertz CT molecular complexity index is 1050. The van der Waals surface area contributed by atoms with E-state index >= 15 is 0 Å². The highest BCUT2D eigenvalue weighted by Gasteiger charge is 2.17. The van der Waals surface area contributed by atoms with Crippen LogP contribution >= 0.6 is 0 Å². The predicted octanol–water partition coefficient (Wildman–Crippen LogP) is 3.82. The van der Waals surface area contributed by atoms with Crippen molar-refractivity contribution in [2.75, 3.05) is 18.8 Å². The average molecular weight is 410 g/mol. The van der Waals surface area contributed by atoms with Crippen molar-refractivity contribution in [3.63, 3.8) is 0 Å². The van der Waals surface area contributed by atoms with Crippen LogP contribution in [0.3, 0.4) is 0 Å². The second-order valence-corrected chi connectivity index (χ2v) is 6.98. The molecule has 8 heteroatoms. The van der Waals surface area contributed by atoms with Crippen molar-refractivity contribution >= 4 is 28.3 Å². The van der Waals surface area contributed by atoms with Gasteiger partial charge in [-0.1, -0.05) is 12.1 Å². The quantitative estimate of drug-likeness (QED) is 0.407. The first-order chi connectivity index (χ1) is 14.4. The van der Waals surface area contributed by atoms with Crippen LogP contribution in [0.25, 0.3) is 10.9 Å². The van der Waals surface area contributed by atoms with Crippen LogP contribution in [0.15, 0.2) is 36.4 Å². The van der Waals surface area contributed by atoms with Gasteiger partial charge in [-0.2, -0.15) is 0 Å². The minimum atomic E-state index is -0.326. The number of hydrogen-bond donors (Lipinski definition) is 2. The molecule has 2 aromatic carbocycles. The number of benzene rings is 2. The van der Waals surface area contributed by atoms with E-state index in [-0.39, 0.29) is 5.91 Å². The SMILES string of the molecule is COc1ccc(N(O)c2nc(C)nc3cccc(C)c23)cc1OCCCCC(N)=O. The van der Waals surface area contributed by atoms with Crippen molar-refractivity contribution in [3.05, 3.63) is 47.8 Å². The standard InChI is InChI=1S/C22H26N4O4/c1-14-7-6-8-17-21(14)22(25-15(2)24-17)26(28)16-10-11-18(29-3)19(13-16)30-12-5-4-9-20(23)27/h6-8,10-11,13,28H,4-5,9,12H2,1-3H3,(H2,23,27). The predicted molar refractivity (Wildman–Crippen MR) is 114 cm³/mol. The number of amides is 1. The Morgan fingerprint density at radius 2 is 1.93 bits per heavy atom. The Morgan fingerprint density at radius 3 is 2.67 bits per heavy atom. The molecule has 3 rings (SSSR count). The number of aromatic nitrogens is 2. The van der Waals surface area contributed by atoms with E-state index in [1.165, 1.54) is 0 Å². The number of unbranched alkanes of at least 4 members (excludes halogenated alkanes) is 1. The third kappa shape index (κ3) is 4.77. The fourth-order valence-electron chi connectivity index (χ4n) is 3.21. The molecule has 0 unspecified atom stereocenters. The van der Waals surface area contributed by atoms with Crippen molar-refractivity contribution in [1.82, 2.24) is 9.97 Å². The van der Waals surface area contributed by atoms with Gasteiger partial charge in [0.1, 0.15) is 5.82 Å². The van der Waals surface area contributed by atoms with E-state index in [4.69, 9.17) is 15.2 Å². The highest BCUT2D eigenvalue weighted by Crippen LogP contribution is 2.36. The van der Waals surface area contributed by atoms with Crippen LogP contribution in [-0.2, 0) is 4.79 Å². The fraction of sp³-hybridized carbons (Fsp3) is 0.318. The van der Waals surface area contributed by atoms with Crippen LogP contribution < -0.4 is 20.3 Å². The molecule has 1 amide bonds. The Kier molecular flexibility index (Phi) is 6.68. The Hall–Kier alpha value is -3.39. The van der Waals surface area contributed by atoms with E-state index in [1.807, 2.05) is 25.1 Å². The number of hydrogen-bond acceptors (Lipinski definition) is 7. The molecule has 8 nitrogen and oxygen atoms in total. The normalized spacial score (nSPS) is 10.8. The van der Waals surface area contributed by atoms with Crippen molar-refractivity contribution in [3.8, 4) is 11.5 Å². The first-order valence-corrected chi connectivity index (χ1v) is 9.73. The summed E-state index contributed by atoms with van der Waals surface area (Å²) in [6.45, 7) is 4.13. The third-order valence-electron chi connectivity index (χ3n) is 4.69.